The standard InChI is InChI=1S/C9H11N3O/c1-2-12-8-6-4-3-5-7(8)10-9(12)11-13/h3-6,13H,2H2,1H3,(H,10,11). The summed E-state index contributed by atoms with van der Waals surface area (Å²) in [4.78, 5) is 4.20. The van der Waals surface area contributed by atoms with Crippen LogP contribution in [0.3, 0.4) is 0 Å². The second-order valence-electron chi connectivity index (χ2n) is 2.78. The van der Waals surface area contributed by atoms with Crippen molar-refractivity contribution in [1.82, 2.24) is 9.55 Å². The maximum absolute atomic E-state index is 8.82. The highest BCUT2D eigenvalue weighted by Crippen LogP contribution is 2.18. The van der Waals surface area contributed by atoms with Gasteiger partial charge in [-0.1, -0.05) is 12.1 Å². The Kier molecular flexibility index (Phi) is 1.90. The Morgan fingerprint density at radius 1 is 1.46 bits per heavy atom. The van der Waals surface area contributed by atoms with Crippen LogP contribution in [0.1, 0.15) is 6.92 Å². The molecule has 4 heteroatoms. The van der Waals surface area contributed by atoms with Crippen molar-refractivity contribution in [2.24, 2.45) is 0 Å². The van der Waals surface area contributed by atoms with Crippen LogP contribution >= 0.6 is 0 Å². The van der Waals surface area contributed by atoms with Gasteiger partial charge in [0.2, 0.25) is 5.95 Å². The molecule has 0 aliphatic heterocycles. The molecule has 68 valence electrons. The Bertz CT molecular complexity index is 422. The molecule has 0 radical (unpaired) electrons. The van der Waals surface area contributed by atoms with Gasteiger partial charge >= 0.3 is 0 Å². The molecule has 2 aromatic rings. The number of imidazole rings is 1. The number of aryl methyl sites for hydroxylation is 1. The molecule has 0 saturated heterocycles. The highest BCUT2D eigenvalue weighted by Gasteiger charge is 2.06. The van der Waals surface area contributed by atoms with Crippen LogP contribution in [0.5, 0.6) is 0 Å². The predicted molar refractivity (Wildman–Crippen MR) is 50.8 cm³/mol. The maximum Gasteiger partial charge on any atom is 0.228 e. The lowest BCUT2D eigenvalue weighted by Crippen LogP contribution is -2.01. The average molecular weight is 177 g/mol. The lowest BCUT2D eigenvalue weighted by molar-refractivity contribution is 0.379. The first-order valence-corrected chi connectivity index (χ1v) is 4.22. The smallest absolute Gasteiger partial charge is 0.228 e. The first-order valence-electron chi connectivity index (χ1n) is 4.22. The molecule has 2 N–H and O–H groups in total. The van der Waals surface area contributed by atoms with Crippen molar-refractivity contribution in [1.29, 1.82) is 0 Å². The van der Waals surface area contributed by atoms with E-state index in [4.69, 9.17) is 5.21 Å². The fourth-order valence-corrected chi connectivity index (χ4v) is 1.48. The number of para-hydroxylation sites is 2. The monoisotopic (exact) mass is 177 g/mol. The first-order chi connectivity index (χ1) is 6.36. The van der Waals surface area contributed by atoms with Gasteiger partial charge in [-0.05, 0) is 19.1 Å². The summed E-state index contributed by atoms with van der Waals surface area (Å²) in [5.74, 6) is 0.490. The third-order valence-electron chi connectivity index (χ3n) is 2.07. The van der Waals surface area contributed by atoms with Crippen molar-refractivity contribution in [3.05, 3.63) is 24.3 Å². The van der Waals surface area contributed by atoms with E-state index in [2.05, 4.69) is 10.5 Å². The molecule has 0 fully saturated rings. The van der Waals surface area contributed by atoms with Crippen LogP contribution < -0.4 is 5.48 Å². The Balaban J connectivity index is 2.73. The lowest BCUT2D eigenvalue weighted by atomic mass is 10.3. The Morgan fingerprint density at radius 3 is 2.92 bits per heavy atom. The van der Waals surface area contributed by atoms with Crippen molar-refractivity contribution in [2.75, 3.05) is 5.48 Å². The zero-order valence-corrected chi connectivity index (χ0v) is 7.36. The number of fused-ring (bicyclic) bond motifs is 1. The number of anilines is 1. The van der Waals surface area contributed by atoms with Gasteiger partial charge in [-0.25, -0.2) is 10.5 Å². The molecule has 4 nitrogen and oxygen atoms in total. The van der Waals surface area contributed by atoms with Gasteiger partial charge in [-0.3, -0.25) is 5.21 Å². The Labute approximate surface area is 75.8 Å². The first kappa shape index (κ1) is 8.07. The molecule has 13 heavy (non-hydrogen) atoms. The molecule has 0 aliphatic carbocycles. The fraction of sp³-hybridized carbons (Fsp3) is 0.222. The maximum atomic E-state index is 8.82. The van der Waals surface area contributed by atoms with E-state index < -0.39 is 0 Å². The minimum atomic E-state index is 0.490. The largest absolute Gasteiger partial charge is 0.309 e. The summed E-state index contributed by atoms with van der Waals surface area (Å²) >= 11 is 0. The van der Waals surface area contributed by atoms with E-state index in [1.54, 1.807) is 0 Å². The minimum absolute atomic E-state index is 0.490. The van der Waals surface area contributed by atoms with Crippen molar-refractivity contribution in [3.63, 3.8) is 0 Å². The number of rotatable bonds is 2. The number of nitrogens with one attached hydrogen (secondary N) is 1. The summed E-state index contributed by atoms with van der Waals surface area (Å²) in [7, 11) is 0. The zero-order chi connectivity index (χ0) is 9.26. The quantitative estimate of drug-likeness (QED) is 0.688. The Hall–Kier alpha value is -1.55. The number of aromatic nitrogens is 2. The lowest BCUT2D eigenvalue weighted by Gasteiger charge is -2.02. The summed E-state index contributed by atoms with van der Waals surface area (Å²) in [5.41, 5.74) is 4.01. The van der Waals surface area contributed by atoms with Crippen molar-refractivity contribution in [2.45, 2.75) is 13.5 Å². The SMILES string of the molecule is CCn1c(NO)nc2ccccc21. The highest BCUT2D eigenvalue weighted by molar-refractivity contribution is 5.78. The Morgan fingerprint density at radius 2 is 2.23 bits per heavy atom. The molecule has 2 rings (SSSR count). The molecular formula is C9H11N3O. The number of hydrogen-bond donors (Lipinski definition) is 2. The van der Waals surface area contributed by atoms with Gasteiger partial charge in [0, 0.05) is 6.54 Å². The molecule has 1 aromatic carbocycles. The second-order valence-corrected chi connectivity index (χ2v) is 2.78. The van der Waals surface area contributed by atoms with Gasteiger partial charge in [0.15, 0.2) is 0 Å². The van der Waals surface area contributed by atoms with Crippen LogP contribution in [0.2, 0.25) is 0 Å². The molecule has 0 unspecified atom stereocenters. The predicted octanol–water partition coefficient (Wildman–Crippen LogP) is 1.86. The molecule has 0 saturated carbocycles. The molecule has 1 aromatic heterocycles. The zero-order valence-electron chi connectivity index (χ0n) is 7.36. The van der Waals surface area contributed by atoms with E-state index in [1.807, 2.05) is 35.8 Å². The molecule has 0 atom stereocenters. The van der Waals surface area contributed by atoms with Gasteiger partial charge in [-0.15, -0.1) is 0 Å². The summed E-state index contributed by atoms with van der Waals surface area (Å²) in [6.07, 6.45) is 0. The molecule has 0 spiro atoms. The van der Waals surface area contributed by atoms with Crippen LogP contribution in [0.15, 0.2) is 24.3 Å². The van der Waals surface area contributed by atoms with Crippen molar-refractivity contribution < 1.29 is 5.21 Å². The highest BCUT2D eigenvalue weighted by atomic mass is 16.5. The van der Waals surface area contributed by atoms with Gasteiger partial charge < -0.3 is 4.57 Å². The normalized spacial score (nSPS) is 10.6. The topological polar surface area (TPSA) is 50.1 Å². The fourth-order valence-electron chi connectivity index (χ4n) is 1.48. The van der Waals surface area contributed by atoms with Gasteiger partial charge in [0.1, 0.15) is 0 Å². The van der Waals surface area contributed by atoms with E-state index in [0.717, 1.165) is 17.6 Å². The van der Waals surface area contributed by atoms with Crippen LogP contribution in [0.25, 0.3) is 11.0 Å². The van der Waals surface area contributed by atoms with E-state index >= 15 is 0 Å². The molecule has 0 bridgehead atoms. The third kappa shape index (κ3) is 1.15. The summed E-state index contributed by atoms with van der Waals surface area (Å²) < 4.78 is 1.91. The van der Waals surface area contributed by atoms with Crippen LogP contribution in [-0.4, -0.2) is 14.8 Å². The van der Waals surface area contributed by atoms with Crippen molar-refractivity contribution >= 4 is 17.0 Å². The second kappa shape index (κ2) is 3.06. The number of nitrogens with zero attached hydrogens (tertiary/aromatic N) is 2. The van der Waals surface area contributed by atoms with Gasteiger partial charge in [0.05, 0.1) is 11.0 Å². The van der Waals surface area contributed by atoms with E-state index in [9.17, 15) is 0 Å². The average Bonchev–Trinajstić information content (AvgIpc) is 2.55. The molecular weight excluding hydrogens is 166 g/mol. The number of hydrogen-bond acceptors (Lipinski definition) is 3. The minimum Gasteiger partial charge on any atom is -0.309 e. The van der Waals surface area contributed by atoms with Crippen LogP contribution in [-0.2, 0) is 6.54 Å². The summed E-state index contributed by atoms with van der Waals surface area (Å²) in [5, 5.41) is 8.82. The van der Waals surface area contributed by atoms with Crippen LogP contribution in [0.4, 0.5) is 5.95 Å². The molecule has 0 aliphatic rings. The summed E-state index contributed by atoms with van der Waals surface area (Å²) in [6.45, 7) is 2.79. The van der Waals surface area contributed by atoms with E-state index in [-0.39, 0.29) is 0 Å². The molecule has 0 amide bonds. The van der Waals surface area contributed by atoms with Gasteiger partial charge in [0.25, 0.3) is 0 Å². The van der Waals surface area contributed by atoms with Gasteiger partial charge in [-0.2, -0.15) is 0 Å². The number of benzene rings is 1. The van der Waals surface area contributed by atoms with E-state index in [0.29, 0.717) is 5.95 Å². The third-order valence-corrected chi connectivity index (χ3v) is 2.07. The van der Waals surface area contributed by atoms with Crippen LogP contribution in [0, 0.1) is 0 Å². The van der Waals surface area contributed by atoms with E-state index in [1.165, 1.54) is 0 Å². The van der Waals surface area contributed by atoms with Crippen molar-refractivity contribution in [3.8, 4) is 0 Å². The summed E-state index contributed by atoms with van der Waals surface area (Å²) in [6, 6.07) is 7.78. The molecule has 1 heterocycles.